The van der Waals surface area contributed by atoms with E-state index in [0.29, 0.717) is 5.56 Å². The summed E-state index contributed by atoms with van der Waals surface area (Å²) in [4.78, 5) is 0. The molecule has 0 spiro atoms. The zero-order valence-electron chi connectivity index (χ0n) is 9.90. The van der Waals surface area contributed by atoms with Crippen molar-refractivity contribution >= 4 is 0 Å². The monoisotopic (exact) mass is 223 g/mol. The lowest BCUT2D eigenvalue weighted by molar-refractivity contribution is 0.416. The minimum atomic E-state index is 0.663. The molecule has 0 fully saturated rings. The third-order valence-corrected chi connectivity index (χ3v) is 2.76. The fraction of sp³-hybridized carbons (Fsp3) is 0.133. The Bertz CT molecular complexity index is 582. The summed E-state index contributed by atoms with van der Waals surface area (Å²) in [6.45, 7) is 2.03. The van der Waals surface area contributed by atoms with Crippen LogP contribution < -0.4 is 4.74 Å². The molecule has 0 aliphatic heterocycles. The molecule has 0 amide bonds. The fourth-order valence-corrected chi connectivity index (χ4v) is 1.85. The number of ether oxygens (including phenoxy) is 1. The normalized spacial score (nSPS) is 9.71. The Hall–Kier alpha value is -2.27. The third-order valence-electron chi connectivity index (χ3n) is 2.76. The highest BCUT2D eigenvalue weighted by Crippen LogP contribution is 2.32. The van der Waals surface area contributed by atoms with Crippen LogP contribution in [0.4, 0.5) is 0 Å². The van der Waals surface area contributed by atoms with Gasteiger partial charge in [-0.05, 0) is 36.2 Å². The minimum Gasteiger partial charge on any atom is -0.496 e. The van der Waals surface area contributed by atoms with Gasteiger partial charge in [0, 0.05) is 5.56 Å². The molecule has 0 N–H and O–H groups in total. The number of para-hydroxylation sites is 1. The highest BCUT2D eigenvalue weighted by Gasteiger charge is 2.08. The molecule has 0 aliphatic rings. The van der Waals surface area contributed by atoms with Gasteiger partial charge in [-0.1, -0.05) is 24.3 Å². The summed E-state index contributed by atoms with van der Waals surface area (Å²) in [6.07, 6.45) is 0. The van der Waals surface area contributed by atoms with Crippen molar-refractivity contribution in [3.63, 3.8) is 0 Å². The van der Waals surface area contributed by atoms with Gasteiger partial charge >= 0.3 is 0 Å². The van der Waals surface area contributed by atoms with E-state index in [1.165, 1.54) is 0 Å². The topological polar surface area (TPSA) is 33.0 Å². The van der Waals surface area contributed by atoms with Gasteiger partial charge < -0.3 is 4.74 Å². The minimum absolute atomic E-state index is 0.663. The van der Waals surface area contributed by atoms with E-state index < -0.39 is 0 Å². The molecular weight excluding hydrogens is 210 g/mol. The standard InChI is InChI=1S/C15H13NO/c1-11-7-8-12(10-16)9-14(11)13-5-3-4-6-15(13)17-2/h3-9H,1-2H3. The SMILES string of the molecule is COc1ccccc1-c1cc(C#N)ccc1C. The van der Waals surface area contributed by atoms with Gasteiger partial charge in [0.05, 0.1) is 18.7 Å². The first-order chi connectivity index (χ1) is 8.26. The zero-order chi connectivity index (χ0) is 12.3. The second-order valence-electron chi connectivity index (χ2n) is 3.84. The molecule has 2 aromatic rings. The first-order valence-corrected chi connectivity index (χ1v) is 5.40. The van der Waals surface area contributed by atoms with Crippen molar-refractivity contribution in [1.29, 1.82) is 5.26 Å². The van der Waals surface area contributed by atoms with Gasteiger partial charge in [0.15, 0.2) is 0 Å². The highest BCUT2D eigenvalue weighted by atomic mass is 16.5. The lowest BCUT2D eigenvalue weighted by atomic mass is 9.98. The van der Waals surface area contributed by atoms with Crippen molar-refractivity contribution in [3.8, 4) is 22.9 Å². The number of nitriles is 1. The molecule has 0 atom stereocenters. The number of methoxy groups -OCH3 is 1. The van der Waals surface area contributed by atoms with Crippen molar-refractivity contribution in [3.05, 3.63) is 53.6 Å². The Morgan fingerprint density at radius 1 is 1.06 bits per heavy atom. The molecule has 0 saturated carbocycles. The van der Waals surface area contributed by atoms with Crippen molar-refractivity contribution in [2.24, 2.45) is 0 Å². The van der Waals surface area contributed by atoms with Crippen LogP contribution in [-0.2, 0) is 0 Å². The van der Waals surface area contributed by atoms with Crippen LogP contribution >= 0.6 is 0 Å². The fourth-order valence-electron chi connectivity index (χ4n) is 1.85. The van der Waals surface area contributed by atoms with Crippen molar-refractivity contribution < 1.29 is 4.74 Å². The molecule has 2 rings (SSSR count). The predicted molar refractivity (Wildman–Crippen MR) is 67.9 cm³/mol. The molecule has 2 aromatic carbocycles. The molecule has 2 nitrogen and oxygen atoms in total. The zero-order valence-corrected chi connectivity index (χ0v) is 9.90. The van der Waals surface area contributed by atoms with Crippen LogP contribution in [0.25, 0.3) is 11.1 Å². The Kier molecular flexibility index (Phi) is 3.11. The second kappa shape index (κ2) is 4.71. The smallest absolute Gasteiger partial charge is 0.126 e. The quantitative estimate of drug-likeness (QED) is 0.780. The van der Waals surface area contributed by atoms with Gasteiger partial charge in [0.1, 0.15) is 5.75 Å². The largest absolute Gasteiger partial charge is 0.496 e. The third kappa shape index (κ3) is 2.14. The molecule has 0 heterocycles. The maximum atomic E-state index is 8.95. The van der Waals surface area contributed by atoms with Gasteiger partial charge in [-0.2, -0.15) is 5.26 Å². The average molecular weight is 223 g/mol. The van der Waals surface area contributed by atoms with Crippen LogP contribution in [0.15, 0.2) is 42.5 Å². The molecule has 0 aliphatic carbocycles. The summed E-state index contributed by atoms with van der Waals surface area (Å²) >= 11 is 0. The van der Waals surface area contributed by atoms with Crippen LogP contribution in [-0.4, -0.2) is 7.11 Å². The van der Waals surface area contributed by atoms with Crippen LogP contribution in [0.3, 0.4) is 0 Å². The maximum absolute atomic E-state index is 8.95. The lowest BCUT2D eigenvalue weighted by Gasteiger charge is -2.11. The van der Waals surface area contributed by atoms with Crippen LogP contribution in [0.5, 0.6) is 5.75 Å². The van der Waals surface area contributed by atoms with Crippen molar-refractivity contribution in [2.45, 2.75) is 6.92 Å². The Balaban J connectivity index is 2.64. The van der Waals surface area contributed by atoms with Gasteiger partial charge in [0.25, 0.3) is 0 Å². The molecule has 84 valence electrons. The molecule has 0 radical (unpaired) electrons. The maximum Gasteiger partial charge on any atom is 0.126 e. The van der Waals surface area contributed by atoms with Crippen LogP contribution in [0.1, 0.15) is 11.1 Å². The molecule has 17 heavy (non-hydrogen) atoms. The predicted octanol–water partition coefficient (Wildman–Crippen LogP) is 3.54. The number of rotatable bonds is 2. The van der Waals surface area contributed by atoms with Gasteiger partial charge in [-0.15, -0.1) is 0 Å². The Labute approximate surface area is 101 Å². The Morgan fingerprint density at radius 2 is 1.82 bits per heavy atom. The number of hydrogen-bond acceptors (Lipinski definition) is 2. The summed E-state index contributed by atoms with van der Waals surface area (Å²) in [7, 11) is 1.66. The summed E-state index contributed by atoms with van der Waals surface area (Å²) < 4.78 is 5.35. The average Bonchev–Trinajstić information content (AvgIpc) is 2.39. The van der Waals surface area contributed by atoms with Gasteiger partial charge in [-0.3, -0.25) is 0 Å². The van der Waals surface area contributed by atoms with E-state index in [9.17, 15) is 0 Å². The van der Waals surface area contributed by atoms with E-state index in [0.717, 1.165) is 22.4 Å². The van der Waals surface area contributed by atoms with Crippen molar-refractivity contribution in [1.82, 2.24) is 0 Å². The first-order valence-electron chi connectivity index (χ1n) is 5.40. The van der Waals surface area contributed by atoms with E-state index in [1.807, 2.05) is 49.4 Å². The van der Waals surface area contributed by atoms with E-state index in [1.54, 1.807) is 7.11 Å². The van der Waals surface area contributed by atoms with E-state index in [-0.39, 0.29) is 0 Å². The molecule has 0 aromatic heterocycles. The van der Waals surface area contributed by atoms with Crippen LogP contribution in [0.2, 0.25) is 0 Å². The van der Waals surface area contributed by atoms with Gasteiger partial charge in [0.2, 0.25) is 0 Å². The summed E-state index contributed by atoms with van der Waals surface area (Å²) in [6, 6.07) is 15.7. The molecule has 0 saturated heterocycles. The molecule has 2 heteroatoms. The molecular formula is C15H13NO. The lowest BCUT2D eigenvalue weighted by Crippen LogP contribution is -1.90. The number of nitrogens with zero attached hydrogens (tertiary/aromatic N) is 1. The van der Waals surface area contributed by atoms with Crippen LogP contribution in [0, 0.1) is 18.3 Å². The van der Waals surface area contributed by atoms with E-state index in [4.69, 9.17) is 10.00 Å². The summed E-state index contributed by atoms with van der Waals surface area (Å²) in [5.74, 6) is 0.825. The summed E-state index contributed by atoms with van der Waals surface area (Å²) in [5, 5.41) is 8.95. The number of hydrogen-bond donors (Lipinski definition) is 0. The Morgan fingerprint density at radius 3 is 2.53 bits per heavy atom. The second-order valence-corrected chi connectivity index (χ2v) is 3.84. The van der Waals surface area contributed by atoms with E-state index in [2.05, 4.69) is 6.07 Å². The molecule has 0 bridgehead atoms. The number of aryl methyl sites for hydroxylation is 1. The van der Waals surface area contributed by atoms with E-state index >= 15 is 0 Å². The van der Waals surface area contributed by atoms with Crippen molar-refractivity contribution in [2.75, 3.05) is 7.11 Å². The first kappa shape index (κ1) is 11.2. The van der Waals surface area contributed by atoms with Gasteiger partial charge in [-0.25, -0.2) is 0 Å². The highest BCUT2D eigenvalue weighted by molar-refractivity contribution is 5.74. The molecule has 0 unspecified atom stereocenters. The summed E-state index contributed by atoms with van der Waals surface area (Å²) in [5.41, 5.74) is 3.86. The number of benzene rings is 2.